The molecule has 21 heavy (non-hydrogen) atoms. The molecule has 7 heteroatoms. The van der Waals surface area contributed by atoms with E-state index >= 15 is 0 Å². The molecule has 0 aliphatic carbocycles. The van der Waals surface area contributed by atoms with E-state index in [-0.39, 0.29) is 16.2 Å². The summed E-state index contributed by atoms with van der Waals surface area (Å²) in [7, 11) is -4.11. The van der Waals surface area contributed by atoms with Gasteiger partial charge in [0.25, 0.3) is 0 Å². The Hall–Kier alpha value is -2.05. The molecule has 0 aliphatic rings. The maximum atomic E-state index is 12.1. The number of carboxylic acids is 1. The Balaban J connectivity index is 2.38. The van der Waals surface area contributed by atoms with Crippen LogP contribution in [0.4, 0.5) is 0 Å². The smallest absolute Gasteiger partial charge is 0.339 e. The van der Waals surface area contributed by atoms with Crippen molar-refractivity contribution in [1.82, 2.24) is 0 Å². The average molecular weight is 327 g/mol. The third-order valence-electron chi connectivity index (χ3n) is 2.75. The van der Waals surface area contributed by atoms with Crippen LogP contribution in [0, 0.1) is 6.92 Å². The molecular formula is C14H11ClO5S. The Morgan fingerprint density at radius 2 is 1.76 bits per heavy atom. The largest absolute Gasteiger partial charge is 0.478 e. The van der Waals surface area contributed by atoms with Gasteiger partial charge in [-0.1, -0.05) is 17.7 Å². The first-order valence-electron chi connectivity index (χ1n) is 5.83. The van der Waals surface area contributed by atoms with E-state index in [0.29, 0.717) is 10.6 Å². The van der Waals surface area contributed by atoms with Crippen LogP contribution in [0.1, 0.15) is 15.9 Å². The molecule has 1 N–H and O–H groups in total. The second-order valence-electron chi connectivity index (χ2n) is 4.27. The van der Waals surface area contributed by atoms with E-state index in [4.69, 9.17) is 20.9 Å². The minimum Gasteiger partial charge on any atom is -0.478 e. The van der Waals surface area contributed by atoms with Crippen LogP contribution in [0.25, 0.3) is 0 Å². The van der Waals surface area contributed by atoms with E-state index in [1.165, 1.54) is 36.4 Å². The molecule has 0 bridgehead atoms. The number of aromatic carboxylic acids is 1. The molecule has 0 unspecified atom stereocenters. The Kier molecular flexibility index (Phi) is 4.20. The molecule has 0 spiro atoms. The predicted octanol–water partition coefficient (Wildman–Crippen LogP) is 3.11. The van der Waals surface area contributed by atoms with Crippen molar-refractivity contribution in [3.05, 3.63) is 58.6 Å². The van der Waals surface area contributed by atoms with Gasteiger partial charge in [-0.3, -0.25) is 0 Å². The fraction of sp³-hybridized carbons (Fsp3) is 0.0714. The molecule has 0 atom stereocenters. The molecular weight excluding hydrogens is 316 g/mol. The molecule has 0 saturated heterocycles. The molecule has 5 nitrogen and oxygen atoms in total. The van der Waals surface area contributed by atoms with Gasteiger partial charge in [0.05, 0.1) is 5.56 Å². The third kappa shape index (κ3) is 3.53. The number of carboxylic acid groups (broad SMARTS) is 1. The van der Waals surface area contributed by atoms with E-state index in [2.05, 4.69) is 0 Å². The first kappa shape index (κ1) is 15.3. The summed E-state index contributed by atoms with van der Waals surface area (Å²) in [6.45, 7) is 1.58. The lowest BCUT2D eigenvalue weighted by Crippen LogP contribution is -2.11. The molecule has 2 aromatic rings. The highest BCUT2D eigenvalue weighted by Gasteiger charge is 2.19. The number of hydrogen-bond donors (Lipinski definition) is 1. The van der Waals surface area contributed by atoms with Crippen LogP contribution in [0.3, 0.4) is 0 Å². The third-order valence-corrected chi connectivity index (χ3v) is 4.24. The summed E-state index contributed by atoms with van der Waals surface area (Å²) in [5.41, 5.74) is 0.378. The van der Waals surface area contributed by atoms with E-state index in [0.717, 1.165) is 6.07 Å². The first-order chi connectivity index (χ1) is 9.79. The maximum Gasteiger partial charge on any atom is 0.339 e. The van der Waals surface area contributed by atoms with Crippen LogP contribution in [-0.2, 0) is 10.1 Å². The molecule has 2 aromatic carbocycles. The number of benzene rings is 2. The highest BCUT2D eigenvalue weighted by atomic mass is 35.5. The number of aryl methyl sites for hydroxylation is 1. The fourth-order valence-corrected chi connectivity index (χ4v) is 2.74. The Bertz CT molecular complexity index is 782. The topological polar surface area (TPSA) is 80.7 Å². The zero-order chi connectivity index (χ0) is 15.6. The summed E-state index contributed by atoms with van der Waals surface area (Å²) in [6.07, 6.45) is 0. The second-order valence-corrected chi connectivity index (χ2v) is 6.26. The van der Waals surface area contributed by atoms with Crippen molar-refractivity contribution in [3.63, 3.8) is 0 Å². The molecule has 0 aliphatic heterocycles. The highest BCUT2D eigenvalue weighted by Crippen LogP contribution is 2.22. The number of hydrogen-bond acceptors (Lipinski definition) is 4. The van der Waals surface area contributed by atoms with Gasteiger partial charge in [-0.05, 0) is 48.9 Å². The molecule has 0 amide bonds. The monoisotopic (exact) mass is 326 g/mol. The van der Waals surface area contributed by atoms with Crippen molar-refractivity contribution in [2.24, 2.45) is 0 Å². The van der Waals surface area contributed by atoms with E-state index in [1.807, 2.05) is 0 Å². The summed E-state index contributed by atoms with van der Waals surface area (Å²) in [5.74, 6) is -1.10. The normalized spacial score (nSPS) is 11.1. The van der Waals surface area contributed by atoms with Gasteiger partial charge in [0.15, 0.2) is 0 Å². The number of rotatable bonds is 4. The van der Waals surface area contributed by atoms with Crippen molar-refractivity contribution in [1.29, 1.82) is 0 Å². The maximum absolute atomic E-state index is 12.1. The number of carbonyl (C=O) groups is 1. The van der Waals surface area contributed by atoms with E-state index in [9.17, 15) is 13.2 Å². The molecule has 0 saturated carbocycles. The van der Waals surface area contributed by atoms with Crippen molar-refractivity contribution in [3.8, 4) is 5.75 Å². The van der Waals surface area contributed by atoms with Gasteiger partial charge in [-0.2, -0.15) is 8.42 Å². The van der Waals surface area contributed by atoms with Gasteiger partial charge < -0.3 is 9.29 Å². The quantitative estimate of drug-likeness (QED) is 0.873. The Morgan fingerprint density at radius 1 is 1.14 bits per heavy atom. The molecule has 0 aromatic heterocycles. The molecule has 2 rings (SSSR count). The first-order valence-corrected chi connectivity index (χ1v) is 7.62. The van der Waals surface area contributed by atoms with Crippen molar-refractivity contribution in [2.75, 3.05) is 0 Å². The van der Waals surface area contributed by atoms with Crippen molar-refractivity contribution < 1.29 is 22.5 Å². The Morgan fingerprint density at radius 3 is 2.33 bits per heavy atom. The lowest BCUT2D eigenvalue weighted by atomic mass is 10.1. The van der Waals surface area contributed by atoms with Crippen molar-refractivity contribution in [2.45, 2.75) is 11.8 Å². The zero-order valence-electron chi connectivity index (χ0n) is 10.9. The van der Waals surface area contributed by atoms with Gasteiger partial charge in [0.1, 0.15) is 10.6 Å². The van der Waals surface area contributed by atoms with Crippen molar-refractivity contribution >= 4 is 27.7 Å². The lowest BCUT2D eigenvalue weighted by molar-refractivity contribution is 0.0696. The van der Waals surface area contributed by atoms with Gasteiger partial charge in [-0.25, -0.2) is 4.79 Å². The summed E-state index contributed by atoms with van der Waals surface area (Å²) in [4.78, 5) is 10.8. The SMILES string of the molecule is Cc1ccc(S(=O)(=O)Oc2ccc(Cl)cc2)cc1C(=O)O. The minimum atomic E-state index is -4.11. The van der Waals surface area contributed by atoms with E-state index in [1.54, 1.807) is 6.92 Å². The van der Waals surface area contributed by atoms with Crippen LogP contribution in [0.15, 0.2) is 47.4 Å². The minimum absolute atomic E-state index is 0.0872. The highest BCUT2D eigenvalue weighted by molar-refractivity contribution is 7.87. The average Bonchev–Trinajstić information content (AvgIpc) is 2.41. The summed E-state index contributed by atoms with van der Waals surface area (Å²) in [5, 5.41) is 9.47. The standard InChI is InChI=1S/C14H11ClO5S/c1-9-2-7-12(8-13(9)14(16)17)21(18,19)20-11-5-3-10(15)4-6-11/h2-8H,1H3,(H,16,17). The molecule has 0 heterocycles. The fourth-order valence-electron chi connectivity index (χ4n) is 1.65. The summed E-state index contributed by atoms with van der Waals surface area (Å²) in [6, 6.07) is 9.59. The van der Waals surface area contributed by atoms with Gasteiger partial charge in [0.2, 0.25) is 0 Å². The molecule has 0 fully saturated rings. The van der Waals surface area contributed by atoms with Gasteiger partial charge >= 0.3 is 16.1 Å². The Labute approximate surface area is 126 Å². The summed E-state index contributed by atoms with van der Waals surface area (Å²) < 4.78 is 29.2. The van der Waals surface area contributed by atoms with Crippen LogP contribution in [0.2, 0.25) is 5.02 Å². The van der Waals surface area contributed by atoms with Crippen LogP contribution < -0.4 is 4.18 Å². The molecule has 110 valence electrons. The van der Waals surface area contributed by atoms with E-state index < -0.39 is 16.1 Å². The second kappa shape index (κ2) is 5.75. The van der Waals surface area contributed by atoms with Crippen LogP contribution in [0.5, 0.6) is 5.75 Å². The van der Waals surface area contributed by atoms with Crippen LogP contribution in [-0.4, -0.2) is 19.5 Å². The van der Waals surface area contributed by atoms with Crippen LogP contribution >= 0.6 is 11.6 Å². The predicted molar refractivity (Wildman–Crippen MR) is 77.4 cm³/mol. The summed E-state index contributed by atoms with van der Waals surface area (Å²) >= 11 is 5.70. The zero-order valence-corrected chi connectivity index (χ0v) is 12.5. The lowest BCUT2D eigenvalue weighted by Gasteiger charge is -2.08. The number of halogens is 1. The van der Waals surface area contributed by atoms with Gasteiger partial charge in [0, 0.05) is 5.02 Å². The molecule has 0 radical (unpaired) electrons. The van der Waals surface area contributed by atoms with Gasteiger partial charge in [-0.15, -0.1) is 0 Å².